The third-order valence-electron chi connectivity index (χ3n) is 2.74. The Hall–Kier alpha value is -1.72. The average molecular weight is 371 g/mol. The van der Waals surface area contributed by atoms with Crippen molar-refractivity contribution in [3.8, 4) is 11.5 Å². The first kappa shape index (κ1) is 15.7. The lowest BCUT2D eigenvalue weighted by molar-refractivity contribution is -0.255. The summed E-state index contributed by atoms with van der Waals surface area (Å²) in [6.45, 7) is 0.278. The summed E-state index contributed by atoms with van der Waals surface area (Å²) < 4.78 is 11.3. The van der Waals surface area contributed by atoms with Crippen LogP contribution < -0.4 is 14.6 Å². The molecule has 2 aromatic carbocycles. The fourth-order valence-electron chi connectivity index (χ4n) is 1.76. The van der Waals surface area contributed by atoms with Gasteiger partial charge in [-0.2, -0.15) is 0 Å². The predicted octanol–water partition coefficient (Wildman–Crippen LogP) is 3.05. The van der Waals surface area contributed by atoms with E-state index in [0.29, 0.717) is 21.0 Å². The van der Waals surface area contributed by atoms with Crippen molar-refractivity contribution in [2.24, 2.45) is 0 Å². The molecule has 0 aliphatic rings. The Morgan fingerprint density at radius 3 is 2.71 bits per heavy atom. The van der Waals surface area contributed by atoms with Crippen LogP contribution in [0.4, 0.5) is 0 Å². The molecule has 0 amide bonds. The van der Waals surface area contributed by atoms with Crippen molar-refractivity contribution in [1.29, 1.82) is 0 Å². The van der Waals surface area contributed by atoms with Crippen LogP contribution in [0.1, 0.15) is 15.9 Å². The number of benzene rings is 2. The first-order valence-electron chi connectivity index (χ1n) is 5.97. The molecule has 2 rings (SSSR count). The average Bonchev–Trinajstić information content (AvgIpc) is 2.45. The zero-order valence-electron chi connectivity index (χ0n) is 11.1. The number of carboxylic acids is 1. The third kappa shape index (κ3) is 3.89. The second-order valence-corrected chi connectivity index (χ2v) is 5.49. The molecular formula is C15H11BrClO4-. The molecule has 0 aromatic heterocycles. The minimum absolute atomic E-state index is 0.00818. The van der Waals surface area contributed by atoms with Crippen molar-refractivity contribution in [1.82, 2.24) is 0 Å². The van der Waals surface area contributed by atoms with Gasteiger partial charge in [-0.3, -0.25) is 0 Å². The Balaban J connectivity index is 2.25. The van der Waals surface area contributed by atoms with E-state index in [2.05, 4.69) is 15.9 Å². The molecule has 0 aliphatic carbocycles. The van der Waals surface area contributed by atoms with Gasteiger partial charge in [-0.05, 0) is 45.8 Å². The van der Waals surface area contributed by atoms with Gasteiger partial charge in [0.1, 0.15) is 6.61 Å². The van der Waals surface area contributed by atoms with Crippen molar-refractivity contribution in [2.45, 2.75) is 6.61 Å². The largest absolute Gasteiger partial charge is 0.545 e. The van der Waals surface area contributed by atoms with Crippen LogP contribution in [0.5, 0.6) is 11.5 Å². The van der Waals surface area contributed by atoms with Crippen molar-refractivity contribution >= 4 is 33.5 Å². The molecule has 0 heterocycles. The fraction of sp³-hybridized carbons (Fsp3) is 0.133. The quantitative estimate of drug-likeness (QED) is 0.812. The molecular weight excluding hydrogens is 360 g/mol. The summed E-state index contributed by atoms with van der Waals surface area (Å²) in [7, 11) is 1.44. The number of halogens is 2. The normalized spacial score (nSPS) is 10.2. The summed E-state index contributed by atoms with van der Waals surface area (Å²) in [5, 5.41) is 11.5. The molecule has 0 aliphatic heterocycles. The lowest BCUT2D eigenvalue weighted by Gasteiger charge is -2.15. The van der Waals surface area contributed by atoms with Gasteiger partial charge in [-0.1, -0.05) is 23.7 Å². The van der Waals surface area contributed by atoms with E-state index >= 15 is 0 Å². The molecule has 0 N–H and O–H groups in total. The second kappa shape index (κ2) is 6.83. The number of carbonyl (C=O) groups excluding carboxylic acids is 1. The summed E-state index contributed by atoms with van der Waals surface area (Å²) in [5.41, 5.74) is 0.897. The number of hydrogen-bond acceptors (Lipinski definition) is 4. The summed E-state index contributed by atoms with van der Waals surface area (Å²) >= 11 is 9.18. The van der Waals surface area contributed by atoms with E-state index in [0.717, 1.165) is 5.56 Å². The van der Waals surface area contributed by atoms with Crippen LogP contribution in [0.15, 0.2) is 40.9 Å². The van der Waals surface area contributed by atoms with Crippen LogP contribution in [0.25, 0.3) is 0 Å². The highest BCUT2D eigenvalue weighted by Crippen LogP contribution is 2.37. The van der Waals surface area contributed by atoms with E-state index in [1.54, 1.807) is 12.1 Å². The Bertz CT molecular complexity index is 673. The highest BCUT2D eigenvalue weighted by atomic mass is 79.9. The van der Waals surface area contributed by atoms with E-state index in [1.807, 2.05) is 12.1 Å². The van der Waals surface area contributed by atoms with Crippen molar-refractivity contribution in [2.75, 3.05) is 7.11 Å². The summed E-state index contributed by atoms with van der Waals surface area (Å²) in [6, 6.07) is 10.0. The summed E-state index contributed by atoms with van der Waals surface area (Å²) in [5.74, 6) is -0.552. The zero-order chi connectivity index (χ0) is 15.4. The maximum absolute atomic E-state index is 10.9. The van der Waals surface area contributed by atoms with E-state index in [4.69, 9.17) is 21.1 Å². The van der Waals surface area contributed by atoms with Gasteiger partial charge in [0.05, 0.1) is 17.6 Å². The maximum atomic E-state index is 10.9. The molecule has 0 radical (unpaired) electrons. The van der Waals surface area contributed by atoms with Gasteiger partial charge in [0.25, 0.3) is 0 Å². The van der Waals surface area contributed by atoms with E-state index < -0.39 is 5.97 Å². The summed E-state index contributed by atoms with van der Waals surface area (Å²) in [6.07, 6.45) is 0. The van der Waals surface area contributed by atoms with Crippen molar-refractivity contribution in [3.05, 3.63) is 57.0 Å². The first-order chi connectivity index (χ1) is 10.0. The molecule has 2 aromatic rings. The number of ether oxygens (including phenoxy) is 2. The molecule has 0 atom stereocenters. The molecule has 0 spiro atoms. The standard InChI is InChI=1S/C15H12BrClO4/c1-20-13-7-10(15(18)19)6-12(16)14(13)21-8-9-3-2-4-11(17)5-9/h2-7H,8H2,1H3,(H,18,19)/p-1. The van der Waals surface area contributed by atoms with Gasteiger partial charge in [-0.25, -0.2) is 0 Å². The molecule has 0 unspecified atom stereocenters. The molecule has 0 saturated heterocycles. The van der Waals surface area contributed by atoms with Crippen molar-refractivity contribution < 1.29 is 19.4 Å². The highest BCUT2D eigenvalue weighted by molar-refractivity contribution is 9.10. The van der Waals surface area contributed by atoms with Crippen LogP contribution in [0, 0.1) is 0 Å². The van der Waals surface area contributed by atoms with Crippen LogP contribution >= 0.6 is 27.5 Å². The van der Waals surface area contributed by atoms with Gasteiger partial charge in [0.15, 0.2) is 11.5 Å². The Morgan fingerprint density at radius 2 is 2.10 bits per heavy atom. The monoisotopic (exact) mass is 369 g/mol. The fourth-order valence-corrected chi connectivity index (χ4v) is 2.53. The number of carbonyl (C=O) groups is 1. The Morgan fingerprint density at radius 1 is 1.33 bits per heavy atom. The van der Waals surface area contributed by atoms with Crippen LogP contribution in [0.2, 0.25) is 5.02 Å². The molecule has 4 nitrogen and oxygen atoms in total. The third-order valence-corrected chi connectivity index (χ3v) is 3.56. The lowest BCUT2D eigenvalue weighted by atomic mass is 10.2. The van der Waals surface area contributed by atoms with Gasteiger partial charge in [0.2, 0.25) is 0 Å². The molecule has 0 saturated carbocycles. The number of rotatable bonds is 5. The number of hydrogen-bond donors (Lipinski definition) is 0. The van der Waals surface area contributed by atoms with Gasteiger partial charge in [-0.15, -0.1) is 0 Å². The van der Waals surface area contributed by atoms with Crippen LogP contribution in [0.3, 0.4) is 0 Å². The molecule has 21 heavy (non-hydrogen) atoms. The molecule has 110 valence electrons. The Kier molecular flexibility index (Phi) is 5.09. The number of aromatic carboxylic acids is 1. The molecule has 0 bridgehead atoms. The highest BCUT2D eigenvalue weighted by Gasteiger charge is 2.12. The number of carboxylic acid groups (broad SMARTS) is 1. The maximum Gasteiger partial charge on any atom is 0.175 e. The number of methoxy groups -OCH3 is 1. The van der Waals surface area contributed by atoms with Gasteiger partial charge < -0.3 is 19.4 Å². The minimum Gasteiger partial charge on any atom is -0.545 e. The van der Waals surface area contributed by atoms with Gasteiger partial charge in [0, 0.05) is 10.6 Å². The predicted molar refractivity (Wildman–Crippen MR) is 80.8 cm³/mol. The van der Waals surface area contributed by atoms with Crippen molar-refractivity contribution in [3.63, 3.8) is 0 Å². The zero-order valence-corrected chi connectivity index (χ0v) is 13.4. The summed E-state index contributed by atoms with van der Waals surface area (Å²) in [4.78, 5) is 10.9. The molecule has 0 fully saturated rings. The Labute approximate surface area is 135 Å². The molecule has 6 heteroatoms. The minimum atomic E-state index is -1.28. The van der Waals surface area contributed by atoms with Gasteiger partial charge >= 0.3 is 0 Å². The van der Waals surface area contributed by atoms with Crippen LogP contribution in [-0.4, -0.2) is 13.1 Å². The van der Waals surface area contributed by atoms with E-state index in [-0.39, 0.29) is 12.2 Å². The van der Waals surface area contributed by atoms with E-state index in [1.165, 1.54) is 19.2 Å². The van der Waals surface area contributed by atoms with Crippen LogP contribution in [-0.2, 0) is 6.61 Å². The van der Waals surface area contributed by atoms with E-state index in [9.17, 15) is 9.90 Å². The topological polar surface area (TPSA) is 58.6 Å². The SMILES string of the molecule is COc1cc(C(=O)[O-])cc(Br)c1OCc1cccc(Cl)c1. The first-order valence-corrected chi connectivity index (χ1v) is 7.14. The smallest absolute Gasteiger partial charge is 0.175 e. The lowest BCUT2D eigenvalue weighted by Crippen LogP contribution is -2.22. The second-order valence-electron chi connectivity index (χ2n) is 4.20.